The summed E-state index contributed by atoms with van der Waals surface area (Å²) in [6, 6.07) is 9.02. The topological polar surface area (TPSA) is 54.4 Å². The van der Waals surface area contributed by atoms with Crippen molar-refractivity contribution in [2.45, 2.75) is 32.6 Å². The van der Waals surface area contributed by atoms with Crippen molar-refractivity contribution in [1.29, 1.82) is 0 Å². The molecule has 3 nitrogen and oxygen atoms in total. The zero-order chi connectivity index (χ0) is 13.2. The Balaban J connectivity index is 2.33. The van der Waals surface area contributed by atoms with E-state index in [0.29, 0.717) is 18.4 Å². The maximum Gasteiger partial charge on any atom is 0.307 e. The van der Waals surface area contributed by atoms with Gasteiger partial charge in [0.1, 0.15) is 0 Å². The van der Waals surface area contributed by atoms with Gasteiger partial charge in [0.25, 0.3) is 0 Å². The van der Waals surface area contributed by atoms with Crippen LogP contribution in [0, 0.1) is 11.3 Å². The van der Waals surface area contributed by atoms with Crippen molar-refractivity contribution in [2.75, 3.05) is 0 Å². The molecule has 0 aliphatic heterocycles. The van der Waals surface area contributed by atoms with Crippen molar-refractivity contribution in [2.24, 2.45) is 11.3 Å². The summed E-state index contributed by atoms with van der Waals surface area (Å²) in [7, 11) is 0. The van der Waals surface area contributed by atoms with Crippen LogP contribution in [-0.2, 0) is 4.79 Å². The highest BCUT2D eigenvalue weighted by molar-refractivity contribution is 6.02. The summed E-state index contributed by atoms with van der Waals surface area (Å²) in [6.45, 7) is 1.81. The average Bonchev–Trinajstić information content (AvgIpc) is 2.39. The van der Waals surface area contributed by atoms with Crippen LogP contribution in [0.3, 0.4) is 0 Å². The molecule has 1 aromatic rings. The lowest BCUT2D eigenvalue weighted by Gasteiger charge is -2.37. The van der Waals surface area contributed by atoms with Crippen molar-refractivity contribution in [3.63, 3.8) is 0 Å². The lowest BCUT2D eigenvalue weighted by molar-refractivity contribution is -0.146. The molecule has 0 bridgehead atoms. The van der Waals surface area contributed by atoms with Crippen LogP contribution < -0.4 is 0 Å². The molecule has 1 aliphatic carbocycles. The molecule has 2 atom stereocenters. The molecule has 1 aromatic carbocycles. The number of rotatable bonds is 3. The van der Waals surface area contributed by atoms with Gasteiger partial charge in [-0.2, -0.15) is 0 Å². The van der Waals surface area contributed by atoms with E-state index in [1.165, 1.54) is 0 Å². The number of benzene rings is 1. The fourth-order valence-corrected chi connectivity index (χ4v) is 2.92. The molecule has 1 saturated carbocycles. The largest absolute Gasteiger partial charge is 0.481 e. The number of aliphatic carboxylic acids is 1. The Bertz CT molecular complexity index is 452. The first-order chi connectivity index (χ1) is 8.55. The van der Waals surface area contributed by atoms with Gasteiger partial charge in [-0.3, -0.25) is 9.59 Å². The highest BCUT2D eigenvalue weighted by Gasteiger charge is 2.46. The second kappa shape index (κ2) is 4.92. The lowest BCUT2D eigenvalue weighted by Crippen LogP contribution is -2.42. The van der Waals surface area contributed by atoms with Crippen molar-refractivity contribution >= 4 is 11.8 Å². The first kappa shape index (κ1) is 12.8. The van der Waals surface area contributed by atoms with Crippen LogP contribution in [0.5, 0.6) is 0 Å². The third-order valence-electron chi connectivity index (χ3n) is 4.06. The van der Waals surface area contributed by atoms with E-state index in [0.717, 1.165) is 12.8 Å². The normalized spacial score (nSPS) is 27.7. The molecule has 0 saturated heterocycles. The van der Waals surface area contributed by atoms with Gasteiger partial charge in [0, 0.05) is 11.0 Å². The fraction of sp³-hybridized carbons (Fsp3) is 0.467. The number of carbonyl (C=O) groups is 2. The number of carbonyl (C=O) groups excluding carboxylic acids is 1. The molecule has 18 heavy (non-hydrogen) atoms. The van der Waals surface area contributed by atoms with Gasteiger partial charge in [-0.15, -0.1) is 0 Å². The van der Waals surface area contributed by atoms with Gasteiger partial charge in [-0.1, -0.05) is 50.1 Å². The molecular formula is C15H18O3. The smallest absolute Gasteiger partial charge is 0.307 e. The van der Waals surface area contributed by atoms with Gasteiger partial charge >= 0.3 is 5.97 Å². The lowest BCUT2D eigenvalue weighted by atomic mass is 9.64. The Morgan fingerprint density at radius 2 is 1.89 bits per heavy atom. The first-order valence-corrected chi connectivity index (χ1v) is 6.38. The molecule has 2 rings (SSSR count). The third-order valence-corrected chi connectivity index (χ3v) is 4.06. The maximum absolute atomic E-state index is 12.6. The Morgan fingerprint density at radius 3 is 2.50 bits per heavy atom. The Hall–Kier alpha value is -1.64. The minimum atomic E-state index is -0.846. The molecule has 0 heterocycles. The minimum Gasteiger partial charge on any atom is -0.481 e. The van der Waals surface area contributed by atoms with Gasteiger partial charge in [-0.05, 0) is 12.8 Å². The summed E-state index contributed by atoms with van der Waals surface area (Å²) in [5, 5.41) is 9.32. The number of Topliss-reactive ketones (excluding diaryl/α,β-unsaturated/α-hetero) is 1. The summed E-state index contributed by atoms with van der Waals surface area (Å²) in [5.41, 5.74) is -0.140. The van der Waals surface area contributed by atoms with Gasteiger partial charge in [-0.25, -0.2) is 0 Å². The molecular weight excluding hydrogens is 228 g/mol. The van der Waals surface area contributed by atoms with Crippen LogP contribution in [0.15, 0.2) is 30.3 Å². The van der Waals surface area contributed by atoms with Crippen molar-refractivity contribution in [1.82, 2.24) is 0 Å². The zero-order valence-electron chi connectivity index (χ0n) is 10.6. The van der Waals surface area contributed by atoms with E-state index < -0.39 is 17.3 Å². The second-order valence-corrected chi connectivity index (χ2v) is 5.25. The van der Waals surface area contributed by atoms with Gasteiger partial charge in [0.2, 0.25) is 0 Å². The van der Waals surface area contributed by atoms with E-state index in [1.54, 1.807) is 19.1 Å². The molecule has 0 radical (unpaired) electrons. The molecule has 1 aliphatic rings. The average molecular weight is 246 g/mol. The Morgan fingerprint density at radius 1 is 1.22 bits per heavy atom. The highest BCUT2D eigenvalue weighted by atomic mass is 16.4. The minimum absolute atomic E-state index is 0.0322. The molecule has 0 spiro atoms. The highest BCUT2D eigenvalue weighted by Crippen LogP contribution is 2.43. The number of hydrogen-bond acceptors (Lipinski definition) is 2. The molecule has 1 fully saturated rings. The standard InChI is InChI=1S/C15H18O3/c1-15(10-6-5-9-12(15)14(17)18)13(16)11-7-3-2-4-8-11/h2-4,7-8,12H,5-6,9-10H2,1H3,(H,17,18). The van der Waals surface area contributed by atoms with Crippen LogP contribution in [0.4, 0.5) is 0 Å². The number of ketones is 1. The van der Waals surface area contributed by atoms with E-state index >= 15 is 0 Å². The van der Waals surface area contributed by atoms with Gasteiger partial charge < -0.3 is 5.11 Å². The predicted octanol–water partition coefficient (Wildman–Crippen LogP) is 3.15. The number of hydrogen-bond donors (Lipinski definition) is 1. The van der Waals surface area contributed by atoms with E-state index in [4.69, 9.17) is 0 Å². The summed E-state index contributed by atoms with van der Waals surface area (Å²) in [5.74, 6) is -1.43. The fourth-order valence-electron chi connectivity index (χ4n) is 2.92. The van der Waals surface area contributed by atoms with E-state index in [9.17, 15) is 14.7 Å². The van der Waals surface area contributed by atoms with Gasteiger partial charge in [0.05, 0.1) is 5.92 Å². The quantitative estimate of drug-likeness (QED) is 0.833. The van der Waals surface area contributed by atoms with Crippen molar-refractivity contribution in [3.05, 3.63) is 35.9 Å². The van der Waals surface area contributed by atoms with Crippen LogP contribution in [-0.4, -0.2) is 16.9 Å². The molecule has 0 amide bonds. The molecule has 96 valence electrons. The second-order valence-electron chi connectivity index (χ2n) is 5.25. The van der Waals surface area contributed by atoms with E-state index in [-0.39, 0.29) is 5.78 Å². The Kier molecular flexibility index (Phi) is 3.50. The van der Waals surface area contributed by atoms with Gasteiger partial charge in [0.15, 0.2) is 5.78 Å². The summed E-state index contributed by atoms with van der Waals surface area (Å²) in [4.78, 5) is 23.9. The zero-order valence-corrected chi connectivity index (χ0v) is 10.6. The summed E-state index contributed by atoms with van der Waals surface area (Å²) < 4.78 is 0. The predicted molar refractivity (Wildman–Crippen MR) is 68.5 cm³/mol. The molecule has 3 heteroatoms. The third kappa shape index (κ3) is 2.17. The van der Waals surface area contributed by atoms with E-state index in [2.05, 4.69) is 0 Å². The van der Waals surface area contributed by atoms with E-state index in [1.807, 2.05) is 18.2 Å². The maximum atomic E-state index is 12.6. The molecule has 1 N–H and O–H groups in total. The Labute approximate surface area is 107 Å². The van der Waals surface area contributed by atoms with Crippen LogP contribution in [0.25, 0.3) is 0 Å². The van der Waals surface area contributed by atoms with Crippen molar-refractivity contribution < 1.29 is 14.7 Å². The number of carboxylic acid groups (broad SMARTS) is 1. The van der Waals surface area contributed by atoms with Crippen molar-refractivity contribution in [3.8, 4) is 0 Å². The SMILES string of the molecule is CC1(C(=O)c2ccccc2)CCCCC1C(=O)O. The number of carboxylic acids is 1. The van der Waals surface area contributed by atoms with Crippen LogP contribution in [0.1, 0.15) is 43.0 Å². The summed E-state index contributed by atoms with van der Waals surface area (Å²) >= 11 is 0. The molecule has 2 unspecified atom stereocenters. The first-order valence-electron chi connectivity index (χ1n) is 6.38. The monoisotopic (exact) mass is 246 g/mol. The van der Waals surface area contributed by atoms with Crippen LogP contribution >= 0.6 is 0 Å². The summed E-state index contributed by atoms with van der Waals surface area (Å²) in [6.07, 6.45) is 3.09. The van der Waals surface area contributed by atoms with Crippen LogP contribution in [0.2, 0.25) is 0 Å². The molecule has 0 aromatic heterocycles.